The van der Waals surface area contributed by atoms with Gasteiger partial charge < -0.3 is 15.7 Å². The Morgan fingerprint density at radius 1 is 1.00 bits per heavy atom. The number of aromatic nitrogens is 6. The zero-order valence-corrected chi connectivity index (χ0v) is 18.8. The number of anilines is 1. The zero-order valence-electron chi connectivity index (χ0n) is 18.0. The SMILES string of the molecule is Cc1nc2ccc(-n3ncc(C(=O)c4cc5ccc(-c6ccc(Cl)cn6)cc5[nH]4)c3N)cc2[nH]1. The molecule has 0 spiro atoms. The van der Waals surface area contributed by atoms with Gasteiger partial charge in [-0.1, -0.05) is 23.7 Å². The number of nitrogens with two attached hydrogens (primary N) is 1. The summed E-state index contributed by atoms with van der Waals surface area (Å²) in [6, 6.07) is 17.0. The first kappa shape index (κ1) is 20.2. The standard InChI is InChI=1S/C25H18ClN7O/c1-13-30-20-7-5-17(10-22(20)31-13)33-25(27)18(12-29-33)24(34)23-9-15-3-2-14(8-21(15)32-23)19-6-4-16(26)11-28-19/h2-12,32H,27H2,1H3,(H,30,31). The molecule has 8 nitrogen and oxygen atoms in total. The number of imidazole rings is 1. The molecule has 6 rings (SSSR count). The first-order chi connectivity index (χ1) is 16.5. The van der Waals surface area contributed by atoms with E-state index in [1.54, 1.807) is 16.9 Å². The molecular weight excluding hydrogens is 450 g/mol. The van der Waals surface area contributed by atoms with Gasteiger partial charge in [0.1, 0.15) is 11.6 Å². The maximum Gasteiger partial charge on any atom is 0.214 e. The number of fused-ring (bicyclic) bond motifs is 2. The molecule has 0 aliphatic carbocycles. The lowest BCUT2D eigenvalue weighted by atomic mass is 10.1. The van der Waals surface area contributed by atoms with Crippen LogP contribution < -0.4 is 5.73 Å². The van der Waals surface area contributed by atoms with E-state index in [-0.39, 0.29) is 11.6 Å². The predicted molar refractivity (Wildman–Crippen MR) is 132 cm³/mol. The molecule has 0 amide bonds. The number of H-pyrrole nitrogens is 2. The molecule has 0 aliphatic heterocycles. The van der Waals surface area contributed by atoms with Crippen molar-refractivity contribution in [3.8, 4) is 16.9 Å². The highest BCUT2D eigenvalue weighted by Crippen LogP contribution is 2.27. The molecule has 0 saturated carbocycles. The molecule has 0 bridgehead atoms. The average Bonchev–Trinajstić information content (AvgIpc) is 3.53. The molecule has 166 valence electrons. The second kappa shape index (κ2) is 7.57. The number of hydrogen-bond donors (Lipinski definition) is 3. The fourth-order valence-corrected chi connectivity index (χ4v) is 4.21. The van der Waals surface area contributed by atoms with Crippen LogP contribution in [0.2, 0.25) is 5.02 Å². The Labute approximate surface area is 198 Å². The normalized spacial score (nSPS) is 11.5. The zero-order chi connectivity index (χ0) is 23.4. The number of carbonyl (C=O) groups excluding carboxylic acids is 1. The highest BCUT2D eigenvalue weighted by molar-refractivity contribution is 6.30. The second-order valence-electron chi connectivity index (χ2n) is 8.05. The lowest BCUT2D eigenvalue weighted by molar-refractivity contribution is 0.103. The van der Waals surface area contributed by atoms with Crippen LogP contribution >= 0.6 is 11.6 Å². The average molecular weight is 468 g/mol. The lowest BCUT2D eigenvalue weighted by Gasteiger charge is -2.05. The summed E-state index contributed by atoms with van der Waals surface area (Å²) in [6.07, 6.45) is 3.10. The molecule has 4 aromatic heterocycles. The highest BCUT2D eigenvalue weighted by atomic mass is 35.5. The summed E-state index contributed by atoms with van der Waals surface area (Å²) < 4.78 is 1.55. The third-order valence-corrected chi connectivity index (χ3v) is 5.99. The Morgan fingerprint density at radius 2 is 1.88 bits per heavy atom. The number of aromatic amines is 2. The van der Waals surface area contributed by atoms with E-state index in [1.807, 2.05) is 55.5 Å². The maximum atomic E-state index is 13.3. The van der Waals surface area contributed by atoms with E-state index in [4.69, 9.17) is 17.3 Å². The van der Waals surface area contributed by atoms with Gasteiger partial charge in [-0.25, -0.2) is 9.67 Å². The summed E-state index contributed by atoms with van der Waals surface area (Å²) in [5.41, 5.74) is 12.1. The molecular formula is C25H18ClN7O. The van der Waals surface area contributed by atoms with Crippen LogP contribution in [0.25, 0.3) is 38.9 Å². The molecule has 4 N–H and O–H groups in total. The predicted octanol–water partition coefficient (Wildman–Crippen LogP) is 5.07. The molecule has 6 aromatic rings. The fraction of sp³-hybridized carbons (Fsp3) is 0.0400. The second-order valence-corrected chi connectivity index (χ2v) is 8.49. The van der Waals surface area contributed by atoms with Crippen LogP contribution in [0.3, 0.4) is 0 Å². The van der Waals surface area contributed by atoms with Crippen LogP contribution in [-0.4, -0.2) is 35.5 Å². The first-order valence-corrected chi connectivity index (χ1v) is 10.9. The van der Waals surface area contributed by atoms with Gasteiger partial charge in [0.05, 0.1) is 44.9 Å². The van der Waals surface area contributed by atoms with Crippen molar-refractivity contribution in [2.45, 2.75) is 6.92 Å². The molecule has 0 aliphatic rings. The van der Waals surface area contributed by atoms with Crippen molar-refractivity contribution in [2.75, 3.05) is 5.73 Å². The van der Waals surface area contributed by atoms with Gasteiger partial charge in [-0.2, -0.15) is 5.10 Å². The maximum absolute atomic E-state index is 13.3. The Kier molecular flexibility index (Phi) is 4.50. The van der Waals surface area contributed by atoms with Crippen LogP contribution in [0.4, 0.5) is 5.82 Å². The summed E-state index contributed by atoms with van der Waals surface area (Å²) in [4.78, 5) is 28.5. The highest BCUT2D eigenvalue weighted by Gasteiger charge is 2.20. The molecule has 34 heavy (non-hydrogen) atoms. The number of nitrogens with zero attached hydrogens (tertiary/aromatic N) is 4. The van der Waals surface area contributed by atoms with Crippen molar-refractivity contribution in [2.24, 2.45) is 0 Å². The van der Waals surface area contributed by atoms with Gasteiger partial charge in [-0.3, -0.25) is 9.78 Å². The van der Waals surface area contributed by atoms with Crippen molar-refractivity contribution in [1.82, 2.24) is 29.7 Å². The first-order valence-electron chi connectivity index (χ1n) is 10.6. The topological polar surface area (TPSA) is 118 Å². The van der Waals surface area contributed by atoms with Crippen LogP contribution in [0, 0.1) is 6.92 Å². The Hall–Kier alpha value is -4.43. The number of nitrogens with one attached hydrogen (secondary N) is 2. The van der Waals surface area contributed by atoms with E-state index in [0.29, 0.717) is 16.3 Å². The van der Waals surface area contributed by atoms with Gasteiger partial charge in [-0.05, 0) is 49.4 Å². The molecule has 0 unspecified atom stereocenters. The van der Waals surface area contributed by atoms with Gasteiger partial charge in [0.25, 0.3) is 0 Å². The van der Waals surface area contributed by atoms with Gasteiger partial charge in [0.15, 0.2) is 0 Å². The summed E-state index contributed by atoms with van der Waals surface area (Å²) in [5, 5.41) is 5.85. The smallest absolute Gasteiger partial charge is 0.214 e. The van der Waals surface area contributed by atoms with E-state index in [0.717, 1.165) is 44.7 Å². The largest absolute Gasteiger partial charge is 0.383 e. The molecule has 9 heteroatoms. The van der Waals surface area contributed by atoms with Gasteiger partial charge >= 0.3 is 0 Å². The van der Waals surface area contributed by atoms with Crippen molar-refractivity contribution >= 4 is 45.1 Å². The van der Waals surface area contributed by atoms with Crippen LogP contribution in [0.15, 0.2) is 67.0 Å². The Bertz CT molecular complexity index is 1710. The van der Waals surface area contributed by atoms with E-state index in [9.17, 15) is 4.79 Å². The number of nitrogen functional groups attached to an aromatic ring is 1. The summed E-state index contributed by atoms with van der Waals surface area (Å²) >= 11 is 5.94. The summed E-state index contributed by atoms with van der Waals surface area (Å²) in [5.74, 6) is 0.861. The third-order valence-electron chi connectivity index (χ3n) is 5.77. The van der Waals surface area contributed by atoms with Gasteiger partial charge in [0.2, 0.25) is 5.78 Å². The van der Waals surface area contributed by atoms with Crippen LogP contribution in [0.1, 0.15) is 21.9 Å². The molecule has 4 heterocycles. The number of halogens is 1. The van der Waals surface area contributed by atoms with E-state index < -0.39 is 0 Å². The molecule has 0 fully saturated rings. The summed E-state index contributed by atoms with van der Waals surface area (Å²) in [7, 11) is 0. The Balaban J connectivity index is 1.34. The molecule has 0 atom stereocenters. The molecule has 2 aromatic carbocycles. The van der Waals surface area contributed by atoms with Gasteiger partial charge in [0, 0.05) is 22.7 Å². The number of carbonyl (C=O) groups is 1. The van der Waals surface area contributed by atoms with Gasteiger partial charge in [-0.15, -0.1) is 0 Å². The van der Waals surface area contributed by atoms with Crippen LogP contribution in [-0.2, 0) is 0 Å². The van der Waals surface area contributed by atoms with E-state index in [2.05, 4.69) is 25.0 Å². The quantitative estimate of drug-likeness (QED) is 0.313. The molecule has 0 radical (unpaired) electrons. The van der Waals surface area contributed by atoms with Crippen molar-refractivity contribution in [3.63, 3.8) is 0 Å². The third kappa shape index (κ3) is 3.32. The monoisotopic (exact) mass is 467 g/mol. The van der Waals surface area contributed by atoms with Crippen molar-refractivity contribution in [3.05, 3.63) is 89.1 Å². The minimum absolute atomic E-state index is 0.232. The minimum Gasteiger partial charge on any atom is -0.383 e. The van der Waals surface area contributed by atoms with E-state index >= 15 is 0 Å². The lowest BCUT2D eigenvalue weighted by Crippen LogP contribution is -2.07. The minimum atomic E-state index is -0.232. The number of pyridine rings is 1. The fourth-order valence-electron chi connectivity index (χ4n) is 4.10. The van der Waals surface area contributed by atoms with Crippen molar-refractivity contribution in [1.29, 1.82) is 0 Å². The Morgan fingerprint density at radius 3 is 2.71 bits per heavy atom. The van der Waals surface area contributed by atoms with E-state index in [1.165, 1.54) is 6.20 Å². The molecule has 0 saturated heterocycles. The summed E-state index contributed by atoms with van der Waals surface area (Å²) in [6.45, 7) is 1.90. The number of benzene rings is 2. The number of rotatable bonds is 4. The number of hydrogen-bond acceptors (Lipinski definition) is 5. The number of aryl methyl sites for hydroxylation is 1. The van der Waals surface area contributed by atoms with Crippen LogP contribution in [0.5, 0.6) is 0 Å². The van der Waals surface area contributed by atoms with Crippen molar-refractivity contribution < 1.29 is 4.79 Å². The number of ketones is 1.